The molecule has 0 spiro atoms. The molecule has 2 N–H and O–H groups in total. The van der Waals surface area contributed by atoms with Gasteiger partial charge in [-0.05, 0) is 20.8 Å². The van der Waals surface area contributed by atoms with Crippen molar-refractivity contribution in [3.63, 3.8) is 0 Å². The molecule has 0 aromatic rings. The molecule has 7 heteroatoms. The second kappa shape index (κ2) is 7.89. The summed E-state index contributed by atoms with van der Waals surface area (Å²) in [5.74, 6) is -0.795. The highest BCUT2D eigenvalue weighted by Crippen LogP contribution is 1.92. The van der Waals surface area contributed by atoms with Gasteiger partial charge in [-0.1, -0.05) is 0 Å². The molecule has 1 unspecified atom stereocenters. The Balaban J connectivity index is 4.00. The predicted octanol–water partition coefficient (Wildman–Crippen LogP) is 0.308. The van der Waals surface area contributed by atoms with Gasteiger partial charge in [0.15, 0.2) is 0 Å². The van der Waals surface area contributed by atoms with Gasteiger partial charge in [-0.3, -0.25) is 14.9 Å². The molecule has 6 nitrogen and oxygen atoms in total. The topological polar surface area (TPSA) is 78.5 Å². The number of hydrogen-bond donors (Lipinski definition) is 2. The number of urea groups is 1. The average molecular weight is 264 g/mol. The van der Waals surface area contributed by atoms with Crippen LogP contribution in [0.15, 0.2) is 0 Å². The third-order valence-electron chi connectivity index (χ3n) is 2.11. The Hall–Kier alpha value is -1.30. The Morgan fingerprint density at radius 1 is 1.24 bits per heavy atom. The van der Waals surface area contributed by atoms with Crippen LogP contribution < -0.4 is 10.6 Å². The molecule has 0 saturated carbocycles. The molecule has 0 heterocycles. The molecule has 0 aromatic carbocycles. The lowest BCUT2D eigenvalue weighted by atomic mass is 10.4. The molecule has 0 aliphatic carbocycles. The summed E-state index contributed by atoms with van der Waals surface area (Å²) in [4.78, 5) is 35.3. The fourth-order valence-electron chi connectivity index (χ4n) is 1.10. The number of nitrogens with one attached hydrogen (secondary N) is 2. The number of alkyl halides is 1. The molecule has 0 radical (unpaired) electrons. The first-order valence-electron chi connectivity index (χ1n) is 5.42. The summed E-state index contributed by atoms with van der Waals surface area (Å²) < 4.78 is 0. The monoisotopic (exact) mass is 263 g/mol. The van der Waals surface area contributed by atoms with Crippen LogP contribution in [0.5, 0.6) is 0 Å². The van der Waals surface area contributed by atoms with E-state index in [1.807, 2.05) is 19.2 Å². The van der Waals surface area contributed by atoms with Gasteiger partial charge in [-0.25, -0.2) is 4.79 Å². The van der Waals surface area contributed by atoms with E-state index in [4.69, 9.17) is 11.6 Å². The van der Waals surface area contributed by atoms with Crippen LogP contribution in [-0.2, 0) is 9.59 Å². The first-order valence-corrected chi connectivity index (χ1v) is 5.86. The van der Waals surface area contributed by atoms with Crippen LogP contribution in [0, 0.1) is 0 Å². The van der Waals surface area contributed by atoms with E-state index in [2.05, 4.69) is 5.32 Å². The van der Waals surface area contributed by atoms with Crippen molar-refractivity contribution in [2.75, 3.05) is 19.6 Å². The first-order chi connectivity index (χ1) is 7.92. The number of amides is 4. The van der Waals surface area contributed by atoms with Crippen LogP contribution in [0.4, 0.5) is 4.79 Å². The maximum absolute atomic E-state index is 11.5. The van der Waals surface area contributed by atoms with Crippen LogP contribution >= 0.6 is 11.6 Å². The van der Waals surface area contributed by atoms with Gasteiger partial charge in [0.1, 0.15) is 5.38 Å². The van der Waals surface area contributed by atoms with Crippen molar-refractivity contribution in [1.82, 2.24) is 15.5 Å². The van der Waals surface area contributed by atoms with Crippen molar-refractivity contribution in [3.05, 3.63) is 0 Å². The third kappa shape index (κ3) is 6.11. The number of rotatable bonds is 5. The minimum atomic E-state index is -0.792. The number of carbonyl (C=O) groups is 3. The van der Waals surface area contributed by atoms with E-state index in [1.54, 1.807) is 4.90 Å². The van der Waals surface area contributed by atoms with Crippen molar-refractivity contribution < 1.29 is 14.4 Å². The predicted molar refractivity (Wildman–Crippen MR) is 64.8 cm³/mol. The normalized spacial score (nSPS) is 11.5. The molecule has 1 atom stereocenters. The molecular weight excluding hydrogens is 246 g/mol. The lowest BCUT2D eigenvalue weighted by molar-refractivity contribution is -0.129. The van der Waals surface area contributed by atoms with E-state index in [0.29, 0.717) is 13.1 Å². The van der Waals surface area contributed by atoms with E-state index < -0.39 is 17.3 Å². The molecule has 0 bridgehead atoms. The summed E-state index contributed by atoms with van der Waals surface area (Å²) >= 11 is 5.46. The fraction of sp³-hybridized carbons (Fsp3) is 0.700. The highest BCUT2D eigenvalue weighted by atomic mass is 35.5. The molecular formula is C10H18ClN3O3. The van der Waals surface area contributed by atoms with Gasteiger partial charge in [0.05, 0.1) is 6.54 Å². The maximum Gasteiger partial charge on any atom is 0.321 e. The van der Waals surface area contributed by atoms with Gasteiger partial charge in [0, 0.05) is 13.1 Å². The molecule has 0 fully saturated rings. The molecule has 17 heavy (non-hydrogen) atoms. The minimum Gasteiger partial charge on any atom is -0.342 e. The van der Waals surface area contributed by atoms with Crippen molar-refractivity contribution in [2.24, 2.45) is 0 Å². The summed E-state index contributed by atoms with van der Waals surface area (Å²) in [5.41, 5.74) is 0. The Labute approximate surface area is 106 Å². The van der Waals surface area contributed by atoms with E-state index in [9.17, 15) is 14.4 Å². The molecule has 98 valence electrons. The zero-order chi connectivity index (χ0) is 13.4. The Kier molecular flexibility index (Phi) is 7.29. The molecule has 0 aliphatic rings. The zero-order valence-electron chi connectivity index (χ0n) is 10.2. The van der Waals surface area contributed by atoms with Gasteiger partial charge >= 0.3 is 6.03 Å². The van der Waals surface area contributed by atoms with Crippen molar-refractivity contribution in [3.8, 4) is 0 Å². The van der Waals surface area contributed by atoms with Crippen LogP contribution in [0.2, 0.25) is 0 Å². The lowest BCUT2D eigenvalue weighted by Gasteiger charge is -2.18. The van der Waals surface area contributed by atoms with E-state index >= 15 is 0 Å². The van der Waals surface area contributed by atoms with Crippen LogP contribution in [0.1, 0.15) is 20.8 Å². The number of carbonyl (C=O) groups excluding carboxylic acids is 3. The zero-order valence-corrected chi connectivity index (χ0v) is 11.0. The maximum atomic E-state index is 11.5. The summed E-state index contributed by atoms with van der Waals surface area (Å²) in [6.07, 6.45) is 0. The molecule has 0 aliphatic heterocycles. The van der Waals surface area contributed by atoms with Gasteiger partial charge in [-0.2, -0.15) is 0 Å². The fourth-order valence-corrected chi connectivity index (χ4v) is 1.15. The minimum absolute atomic E-state index is 0.141. The Bertz CT molecular complexity index is 291. The highest BCUT2D eigenvalue weighted by Gasteiger charge is 2.14. The number of imide groups is 1. The molecule has 4 amide bonds. The summed E-state index contributed by atoms with van der Waals surface area (Å²) in [6, 6.07) is -0.719. The van der Waals surface area contributed by atoms with Gasteiger partial charge in [-0.15, -0.1) is 11.6 Å². The van der Waals surface area contributed by atoms with Crippen molar-refractivity contribution in [1.29, 1.82) is 0 Å². The SMILES string of the molecule is CCN(CC)C(=O)CNC(=O)NC(=O)C(C)Cl. The second-order valence-corrected chi connectivity index (χ2v) is 4.01. The summed E-state index contributed by atoms with van der Waals surface area (Å²) in [7, 11) is 0. The summed E-state index contributed by atoms with van der Waals surface area (Å²) in [6.45, 7) is 6.16. The highest BCUT2D eigenvalue weighted by molar-refractivity contribution is 6.31. The Morgan fingerprint density at radius 3 is 2.18 bits per heavy atom. The van der Waals surface area contributed by atoms with Crippen LogP contribution in [-0.4, -0.2) is 47.8 Å². The van der Waals surface area contributed by atoms with Gasteiger partial charge in [0.25, 0.3) is 0 Å². The quantitative estimate of drug-likeness (QED) is 0.701. The lowest BCUT2D eigenvalue weighted by Crippen LogP contribution is -2.46. The van der Waals surface area contributed by atoms with Crippen LogP contribution in [0.25, 0.3) is 0 Å². The Morgan fingerprint density at radius 2 is 1.76 bits per heavy atom. The second-order valence-electron chi connectivity index (χ2n) is 3.35. The number of nitrogens with zero attached hydrogens (tertiary/aromatic N) is 1. The standard InChI is InChI=1S/C10H18ClN3O3/c1-4-14(5-2)8(15)6-12-10(17)13-9(16)7(3)11/h7H,4-6H2,1-3H3,(H2,12,13,16,17). The third-order valence-corrected chi connectivity index (χ3v) is 2.31. The number of halogens is 1. The van der Waals surface area contributed by atoms with Gasteiger partial charge in [0.2, 0.25) is 11.8 Å². The van der Waals surface area contributed by atoms with Gasteiger partial charge < -0.3 is 10.2 Å². The van der Waals surface area contributed by atoms with Crippen molar-refractivity contribution in [2.45, 2.75) is 26.1 Å². The van der Waals surface area contributed by atoms with E-state index in [0.717, 1.165) is 0 Å². The van der Waals surface area contributed by atoms with E-state index in [-0.39, 0.29) is 12.5 Å². The average Bonchev–Trinajstić information content (AvgIpc) is 2.27. The number of likely N-dealkylation sites (N-methyl/N-ethyl adjacent to an activating group) is 1. The van der Waals surface area contributed by atoms with Crippen molar-refractivity contribution >= 4 is 29.4 Å². The summed E-state index contributed by atoms with van der Waals surface area (Å²) in [5, 5.41) is 3.52. The smallest absolute Gasteiger partial charge is 0.321 e. The number of hydrogen-bond acceptors (Lipinski definition) is 3. The largest absolute Gasteiger partial charge is 0.342 e. The van der Waals surface area contributed by atoms with Crippen LogP contribution in [0.3, 0.4) is 0 Å². The first kappa shape index (κ1) is 15.7. The molecule has 0 aromatic heterocycles. The van der Waals surface area contributed by atoms with E-state index in [1.165, 1.54) is 6.92 Å². The molecule has 0 rings (SSSR count). The molecule has 0 saturated heterocycles.